The average Bonchev–Trinajstić information content (AvgIpc) is 2.96. The molecule has 1 N–H and O–H groups in total. The number of hydrogen-bond acceptors (Lipinski definition) is 3. The maximum atomic E-state index is 13.2. The molecule has 4 heteroatoms. The van der Waals surface area contributed by atoms with E-state index in [9.17, 15) is 4.39 Å². The zero-order chi connectivity index (χ0) is 13.4. The fraction of sp³-hybridized carbons (Fsp3) is 0.400. The van der Waals surface area contributed by atoms with E-state index in [2.05, 4.69) is 24.1 Å². The van der Waals surface area contributed by atoms with Crippen LogP contribution in [0.1, 0.15) is 46.4 Å². The molecular formula is C15H17FN2S. The van der Waals surface area contributed by atoms with E-state index in [1.165, 1.54) is 10.4 Å². The summed E-state index contributed by atoms with van der Waals surface area (Å²) in [6.45, 7) is 4.21. The minimum atomic E-state index is -0.136. The summed E-state index contributed by atoms with van der Waals surface area (Å²) in [5.41, 5.74) is 2.38. The third-order valence-electron chi connectivity index (χ3n) is 3.64. The van der Waals surface area contributed by atoms with Gasteiger partial charge < -0.3 is 5.32 Å². The van der Waals surface area contributed by atoms with E-state index >= 15 is 0 Å². The molecule has 100 valence electrons. The van der Waals surface area contributed by atoms with Gasteiger partial charge >= 0.3 is 0 Å². The molecule has 1 aliphatic carbocycles. The monoisotopic (exact) mass is 276 g/mol. The number of benzene rings is 1. The summed E-state index contributed by atoms with van der Waals surface area (Å²) in [4.78, 5) is 5.66. The predicted octanol–water partition coefficient (Wildman–Crippen LogP) is 3.93. The first-order valence-electron chi connectivity index (χ1n) is 6.60. The standard InChI is InChI=1S/C15H17FN2S/c1-9-8-17-15(19-9)10(2)18-14-6-3-11-7-12(16)4-5-13(11)14/h4-5,7-8,10,14,18H,3,6H2,1-2H3. The van der Waals surface area contributed by atoms with Crippen molar-refractivity contribution in [3.8, 4) is 0 Å². The highest BCUT2D eigenvalue weighted by Crippen LogP contribution is 2.33. The molecule has 1 aromatic heterocycles. The lowest BCUT2D eigenvalue weighted by Crippen LogP contribution is -2.22. The second-order valence-electron chi connectivity index (χ2n) is 5.13. The molecule has 0 saturated heterocycles. The summed E-state index contributed by atoms with van der Waals surface area (Å²) < 4.78 is 13.2. The molecule has 2 unspecified atom stereocenters. The fourth-order valence-electron chi connectivity index (χ4n) is 2.70. The van der Waals surface area contributed by atoms with Crippen LogP contribution in [0.2, 0.25) is 0 Å². The van der Waals surface area contributed by atoms with Gasteiger partial charge in [0.05, 0.1) is 6.04 Å². The van der Waals surface area contributed by atoms with Crippen molar-refractivity contribution in [3.63, 3.8) is 0 Å². The molecule has 1 aliphatic rings. The molecule has 1 aromatic carbocycles. The summed E-state index contributed by atoms with van der Waals surface area (Å²) in [6, 6.07) is 5.68. The van der Waals surface area contributed by atoms with Crippen LogP contribution in [0, 0.1) is 12.7 Å². The van der Waals surface area contributed by atoms with E-state index in [0.717, 1.165) is 23.4 Å². The van der Waals surface area contributed by atoms with E-state index in [0.29, 0.717) is 6.04 Å². The Labute approximate surface area is 116 Å². The van der Waals surface area contributed by atoms with Crippen LogP contribution in [0.3, 0.4) is 0 Å². The smallest absolute Gasteiger partial charge is 0.123 e. The van der Waals surface area contributed by atoms with Gasteiger partial charge in [-0.25, -0.2) is 9.37 Å². The maximum Gasteiger partial charge on any atom is 0.123 e. The quantitative estimate of drug-likeness (QED) is 0.918. The summed E-state index contributed by atoms with van der Waals surface area (Å²) >= 11 is 1.73. The van der Waals surface area contributed by atoms with Crippen LogP contribution < -0.4 is 5.32 Å². The van der Waals surface area contributed by atoms with Gasteiger partial charge in [-0.15, -0.1) is 11.3 Å². The molecule has 0 fully saturated rings. The average molecular weight is 276 g/mol. The van der Waals surface area contributed by atoms with Crippen molar-refractivity contribution in [1.82, 2.24) is 10.3 Å². The lowest BCUT2D eigenvalue weighted by atomic mass is 10.1. The third kappa shape index (κ3) is 2.55. The molecule has 0 aliphatic heterocycles. The normalized spacial score (nSPS) is 19.4. The van der Waals surface area contributed by atoms with Gasteiger partial charge in [0.2, 0.25) is 0 Å². The number of halogens is 1. The molecule has 0 amide bonds. The molecule has 0 radical (unpaired) electrons. The zero-order valence-electron chi connectivity index (χ0n) is 11.1. The largest absolute Gasteiger partial charge is 0.301 e. The van der Waals surface area contributed by atoms with Crippen molar-refractivity contribution >= 4 is 11.3 Å². The maximum absolute atomic E-state index is 13.2. The van der Waals surface area contributed by atoms with Gasteiger partial charge in [0.1, 0.15) is 10.8 Å². The predicted molar refractivity (Wildman–Crippen MR) is 75.9 cm³/mol. The van der Waals surface area contributed by atoms with E-state index in [1.54, 1.807) is 23.5 Å². The highest BCUT2D eigenvalue weighted by molar-refractivity contribution is 7.11. The van der Waals surface area contributed by atoms with Crippen molar-refractivity contribution in [3.05, 3.63) is 51.2 Å². The fourth-order valence-corrected chi connectivity index (χ4v) is 3.49. The minimum Gasteiger partial charge on any atom is -0.301 e. The van der Waals surface area contributed by atoms with Gasteiger partial charge in [-0.05, 0) is 49.9 Å². The lowest BCUT2D eigenvalue weighted by molar-refractivity contribution is 0.463. The first kappa shape index (κ1) is 12.8. The number of nitrogens with one attached hydrogen (secondary N) is 1. The van der Waals surface area contributed by atoms with Crippen LogP contribution >= 0.6 is 11.3 Å². The number of rotatable bonds is 3. The number of thiazole rings is 1. The van der Waals surface area contributed by atoms with E-state index < -0.39 is 0 Å². The van der Waals surface area contributed by atoms with Gasteiger partial charge in [0.15, 0.2) is 0 Å². The Morgan fingerprint density at radius 3 is 3.05 bits per heavy atom. The molecule has 19 heavy (non-hydrogen) atoms. The van der Waals surface area contributed by atoms with Crippen molar-refractivity contribution in [2.24, 2.45) is 0 Å². The molecule has 2 aromatic rings. The van der Waals surface area contributed by atoms with E-state index in [1.807, 2.05) is 12.3 Å². The number of aromatic nitrogens is 1. The van der Waals surface area contributed by atoms with Crippen LogP contribution in [0.5, 0.6) is 0 Å². The van der Waals surface area contributed by atoms with Crippen molar-refractivity contribution < 1.29 is 4.39 Å². The van der Waals surface area contributed by atoms with Crippen molar-refractivity contribution in [1.29, 1.82) is 0 Å². The molecule has 2 nitrogen and oxygen atoms in total. The second-order valence-corrected chi connectivity index (χ2v) is 6.40. The van der Waals surface area contributed by atoms with Crippen LogP contribution in [-0.4, -0.2) is 4.98 Å². The number of hydrogen-bond donors (Lipinski definition) is 1. The molecular weight excluding hydrogens is 259 g/mol. The number of aryl methyl sites for hydroxylation is 2. The Morgan fingerprint density at radius 1 is 1.47 bits per heavy atom. The summed E-state index contributed by atoms with van der Waals surface area (Å²) in [6.07, 6.45) is 3.90. The second kappa shape index (κ2) is 5.02. The summed E-state index contributed by atoms with van der Waals surface area (Å²) in [7, 11) is 0. The van der Waals surface area contributed by atoms with Crippen LogP contribution in [-0.2, 0) is 6.42 Å². The number of nitrogens with zero attached hydrogens (tertiary/aromatic N) is 1. The van der Waals surface area contributed by atoms with Crippen LogP contribution in [0.15, 0.2) is 24.4 Å². The molecule has 0 saturated carbocycles. The summed E-state index contributed by atoms with van der Waals surface area (Å²) in [5, 5.41) is 4.73. The van der Waals surface area contributed by atoms with Crippen LogP contribution in [0.25, 0.3) is 0 Å². The van der Waals surface area contributed by atoms with Gasteiger partial charge in [0.25, 0.3) is 0 Å². The van der Waals surface area contributed by atoms with Gasteiger partial charge in [-0.3, -0.25) is 0 Å². The topological polar surface area (TPSA) is 24.9 Å². The Bertz CT molecular complexity index is 594. The van der Waals surface area contributed by atoms with Crippen molar-refractivity contribution in [2.75, 3.05) is 0 Å². The van der Waals surface area contributed by atoms with E-state index in [-0.39, 0.29) is 11.9 Å². The molecule has 0 bridgehead atoms. The SMILES string of the molecule is Cc1cnc(C(C)NC2CCc3cc(F)ccc32)s1. The molecule has 2 atom stereocenters. The lowest BCUT2D eigenvalue weighted by Gasteiger charge is -2.18. The van der Waals surface area contributed by atoms with Crippen molar-refractivity contribution in [2.45, 2.75) is 38.8 Å². The molecule has 3 rings (SSSR count). The minimum absolute atomic E-state index is 0.136. The first-order chi connectivity index (χ1) is 9.13. The highest BCUT2D eigenvalue weighted by atomic mass is 32.1. The Balaban J connectivity index is 1.76. The Hall–Kier alpha value is -1.26. The van der Waals surface area contributed by atoms with Gasteiger partial charge in [0, 0.05) is 17.1 Å². The third-order valence-corrected chi connectivity index (χ3v) is 4.74. The Kier molecular flexibility index (Phi) is 3.37. The number of fused-ring (bicyclic) bond motifs is 1. The van der Waals surface area contributed by atoms with Gasteiger partial charge in [-0.2, -0.15) is 0 Å². The first-order valence-corrected chi connectivity index (χ1v) is 7.42. The Morgan fingerprint density at radius 2 is 2.32 bits per heavy atom. The van der Waals surface area contributed by atoms with Crippen LogP contribution in [0.4, 0.5) is 4.39 Å². The zero-order valence-corrected chi connectivity index (χ0v) is 11.9. The van der Waals surface area contributed by atoms with E-state index in [4.69, 9.17) is 0 Å². The molecule has 1 heterocycles. The van der Waals surface area contributed by atoms with Gasteiger partial charge in [-0.1, -0.05) is 6.07 Å². The summed E-state index contributed by atoms with van der Waals surface area (Å²) in [5.74, 6) is -0.136. The highest BCUT2D eigenvalue weighted by Gasteiger charge is 2.24. The molecule has 0 spiro atoms.